The third-order valence-electron chi connectivity index (χ3n) is 2.32. The van der Waals surface area contributed by atoms with Crippen LogP contribution >= 0.6 is 0 Å². The Labute approximate surface area is 98.3 Å². The molecule has 0 aliphatic heterocycles. The molecular formula is C12H11N3O2. The summed E-state index contributed by atoms with van der Waals surface area (Å²) in [6, 6.07) is 8.11. The molecule has 0 spiro atoms. The monoisotopic (exact) mass is 229 g/mol. The Morgan fingerprint density at radius 1 is 1.06 bits per heavy atom. The van der Waals surface area contributed by atoms with Gasteiger partial charge in [0.25, 0.3) is 5.69 Å². The second-order valence-electron chi connectivity index (χ2n) is 3.78. The number of aromatic nitrogens is 2. The molecule has 0 atom stereocenters. The Kier molecular flexibility index (Phi) is 2.82. The minimum Gasteiger partial charge on any atom is -0.258 e. The van der Waals surface area contributed by atoms with Crippen molar-refractivity contribution in [2.24, 2.45) is 0 Å². The van der Waals surface area contributed by atoms with Crippen molar-refractivity contribution in [3.63, 3.8) is 0 Å². The molecule has 0 aliphatic rings. The number of nitrogens with zero attached hydrogens (tertiary/aromatic N) is 3. The molecule has 86 valence electrons. The molecule has 2 aromatic rings. The lowest BCUT2D eigenvalue weighted by Crippen LogP contribution is -1.94. The number of nitro benzene ring substituents is 1. The lowest BCUT2D eigenvalue weighted by molar-refractivity contribution is -0.384. The zero-order valence-corrected chi connectivity index (χ0v) is 9.54. The Morgan fingerprint density at radius 2 is 1.59 bits per heavy atom. The van der Waals surface area contributed by atoms with Gasteiger partial charge in [-0.1, -0.05) is 0 Å². The van der Waals surface area contributed by atoms with E-state index in [0.717, 1.165) is 17.0 Å². The second kappa shape index (κ2) is 4.29. The van der Waals surface area contributed by atoms with Crippen LogP contribution in [0.1, 0.15) is 11.4 Å². The molecule has 1 aromatic heterocycles. The smallest absolute Gasteiger partial charge is 0.258 e. The summed E-state index contributed by atoms with van der Waals surface area (Å²) in [6.45, 7) is 3.78. The van der Waals surface area contributed by atoms with E-state index in [1.807, 2.05) is 19.9 Å². The van der Waals surface area contributed by atoms with Crippen molar-refractivity contribution in [2.75, 3.05) is 0 Å². The molecule has 17 heavy (non-hydrogen) atoms. The highest BCUT2D eigenvalue weighted by Gasteiger charge is 2.07. The minimum absolute atomic E-state index is 0.0677. The van der Waals surface area contributed by atoms with Crippen molar-refractivity contribution >= 4 is 5.69 Å². The molecule has 0 saturated carbocycles. The number of hydrogen-bond donors (Lipinski definition) is 0. The highest BCUT2D eigenvalue weighted by atomic mass is 16.6. The van der Waals surface area contributed by atoms with Crippen molar-refractivity contribution in [1.82, 2.24) is 9.97 Å². The standard InChI is InChI=1S/C12H11N3O2/c1-8-7-9(2)14-12(13-8)10-3-5-11(6-4-10)15(16)17/h3-7H,1-2H3. The number of benzene rings is 1. The maximum absolute atomic E-state index is 10.5. The van der Waals surface area contributed by atoms with E-state index in [9.17, 15) is 10.1 Å². The van der Waals surface area contributed by atoms with E-state index in [4.69, 9.17) is 0 Å². The predicted octanol–water partition coefficient (Wildman–Crippen LogP) is 2.67. The molecular weight excluding hydrogens is 218 g/mol. The first-order chi connectivity index (χ1) is 8.06. The van der Waals surface area contributed by atoms with E-state index in [-0.39, 0.29) is 5.69 Å². The van der Waals surface area contributed by atoms with E-state index in [0.29, 0.717) is 5.82 Å². The Morgan fingerprint density at radius 3 is 2.06 bits per heavy atom. The first-order valence-electron chi connectivity index (χ1n) is 5.13. The van der Waals surface area contributed by atoms with Crippen LogP contribution in [0.25, 0.3) is 11.4 Å². The van der Waals surface area contributed by atoms with Crippen LogP contribution in [0.4, 0.5) is 5.69 Å². The lowest BCUT2D eigenvalue weighted by Gasteiger charge is -2.02. The van der Waals surface area contributed by atoms with Gasteiger partial charge in [0.2, 0.25) is 0 Å². The van der Waals surface area contributed by atoms with Gasteiger partial charge in [0.05, 0.1) is 4.92 Å². The largest absolute Gasteiger partial charge is 0.269 e. The van der Waals surface area contributed by atoms with Gasteiger partial charge in [0.15, 0.2) is 5.82 Å². The number of hydrogen-bond acceptors (Lipinski definition) is 4. The second-order valence-corrected chi connectivity index (χ2v) is 3.78. The SMILES string of the molecule is Cc1cc(C)nc(-c2ccc([N+](=O)[O-])cc2)n1. The van der Waals surface area contributed by atoms with E-state index < -0.39 is 4.92 Å². The lowest BCUT2D eigenvalue weighted by atomic mass is 10.2. The molecule has 5 heteroatoms. The van der Waals surface area contributed by atoms with E-state index in [2.05, 4.69) is 9.97 Å². The van der Waals surface area contributed by atoms with Gasteiger partial charge in [-0.3, -0.25) is 10.1 Å². The zero-order chi connectivity index (χ0) is 12.4. The zero-order valence-electron chi connectivity index (χ0n) is 9.54. The molecule has 0 bridgehead atoms. The average molecular weight is 229 g/mol. The van der Waals surface area contributed by atoms with E-state index in [1.54, 1.807) is 12.1 Å². The Balaban J connectivity index is 2.43. The van der Waals surface area contributed by atoms with Gasteiger partial charge >= 0.3 is 0 Å². The molecule has 0 radical (unpaired) electrons. The van der Waals surface area contributed by atoms with Gasteiger partial charge in [-0.05, 0) is 32.0 Å². The quantitative estimate of drug-likeness (QED) is 0.586. The summed E-state index contributed by atoms with van der Waals surface area (Å²) in [7, 11) is 0. The van der Waals surface area contributed by atoms with Crippen LogP contribution in [0.15, 0.2) is 30.3 Å². The van der Waals surface area contributed by atoms with Crippen molar-refractivity contribution < 1.29 is 4.92 Å². The maximum atomic E-state index is 10.5. The minimum atomic E-state index is -0.424. The summed E-state index contributed by atoms with van der Waals surface area (Å²) < 4.78 is 0. The Bertz CT molecular complexity index is 544. The molecule has 0 amide bonds. The topological polar surface area (TPSA) is 68.9 Å². The molecule has 2 rings (SSSR count). The van der Waals surface area contributed by atoms with Crippen molar-refractivity contribution in [2.45, 2.75) is 13.8 Å². The van der Waals surface area contributed by atoms with Crippen molar-refractivity contribution in [3.05, 3.63) is 51.8 Å². The van der Waals surface area contributed by atoms with Gasteiger partial charge < -0.3 is 0 Å². The summed E-state index contributed by atoms with van der Waals surface area (Å²) in [5.41, 5.74) is 2.61. The van der Waals surface area contributed by atoms with Crippen molar-refractivity contribution in [1.29, 1.82) is 0 Å². The summed E-state index contributed by atoms with van der Waals surface area (Å²) in [5.74, 6) is 0.595. The highest BCUT2D eigenvalue weighted by molar-refractivity contribution is 5.57. The van der Waals surface area contributed by atoms with Gasteiger partial charge in [0, 0.05) is 29.1 Å². The van der Waals surface area contributed by atoms with Crippen LogP contribution in [0.3, 0.4) is 0 Å². The Hall–Kier alpha value is -2.30. The van der Waals surface area contributed by atoms with Crippen molar-refractivity contribution in [3.8, 4) is 11.4 Å². The van der Waals surface area contributed by atoms with Crippen LogP contribution in [-0.4, -0.2) is 14.9 Å². The molecule has 0 unspecified atom stereocenters. The van der Waals surface area contributed by atoms with Gasteiger partial charge in [0.1, 0.15) is 0 Å². The van der Waals surface area contributed by atoms with Crippen LogP contribution in [-0.2, 0) is 0 Å². The van der Waals surface area contributed by atoms with Gasteiger partial charge in [-0.15, -0.1) is 0 Å². The average Bonchev–Trinajstić information content (AvgIpc) is 2.28. The molecule has 1 heterocycles. The van der Waals surface area contributed by atoms with Gasteiger partial charge in [-0.25, -0.2) is 9.97 Å². The maximum Gasteiger partial charge on any atom is 0.269 e. The highest BCUT2D eigenvalue weighted by Crippen LogP contribution is 2.19. The normalized spacial score (nSPS) is 10.2. The fourth-order valence-electron chi connectivity index (χ4n) is 1.59. The first kappa shape index (κ1) is 11.2. The third-order valence-corrected chi connectivity index (χ3v) is 2.32. The molecule has 1 aromatic carbocycles. The van der Waals surface area contributed by atoms with E-state index in [1.165, 1.54) is 12.1 Å². The fraction of sp³-hybridized carbons (Fsp3) is 0.167. The summed E-state index contributed by atoms with van der Waals surface area (Å²) >= 11 is 0. The van der Waals surface area contributed by atoms with E-state index >= 15 is 0 Å². The number of aryl methyl sites for hydroxylation is 2. The van der Waals surface area contributed by atoms with Crippen LogP contribution in [0, 0.1) is 24.0 Å². The first-order valence-corrected chi connectivity index (χ1v) is 5.13. The number of nitro groups is 1. The summed E-state index contributed by atoms with van der Waals surface area (Å²) in [6.07, 6.45) is 0. The molecule has 0 fully saturated rings. The molecule has 0 aliphatic carbocycles. The molecule has 0 N–H and O–H groups in total. The number of non-ortho nitro benzene ring substituents is 1. The summed E-state index contributed by atoms with van der Waals surface area (Å²) in [4.78, 5) is 18.7. The van der Waals surface area contributed by atoms with Crippen LogP contribution in [0.5, 0.6) is 0 Å². The van der Waals surface area contributed by atoms with Crippen LogP contribution < -0.4 is 0 Å². The fourth-order valence-corrected chi connectivity index (χ4v) is 1.59. The predicted molar refractivity (Wildman–Crippen MR) is 63.6 cm³/mol. The van der Waals surface area contributed by atoms with Gasteiger partial charge in [-0.2, -0.15) is 0 Å². The summed E-state index contributed by atoms with van der Waals surface area (Å²) in [5, 5.41) is 10.5. The number of rotatable bonds is 2. The third kappa shape index (κ3) is 2.44. The molecule has 5 nitrogen and oxygen atoms in total. The molecule has 0 saturated heterocycles. The van der Waals surface area contributed by atoms with Crippen LogP contribution in [0.2, 0.25) is 0 Å².